The third kappa shape index (κ3) is 2.74. The van der Waals surface area contributed by atoms with Crippen LogP contribution in [0, 0.1) is 5.41 Å². The number of para-hydroxylation sites is 1. The number of aliphatic hydroxyl groups is 1. The van der Waals surface area contributed by atoms with E-state index in [2.05, 4.69) is 4.98 Å². The van der Waals surface area contributed by atoms with Crippen molar-refractivity contribution in [2.24, 2.45) is 0 Å². The SMILES string of the molecule is CCOc1ccc(N2CC(O)=C(c3nc4ccccc4s3)C2=N)cc1. The Morgan fingerprint density at radius 1 is 1.20 bits per heavy atom. The standard InChI is InChI=1S/C19H17N3O2S/c1-2-24-13-9-7-12(8-10-13)22-11-15(23)17(18(22)20)19-21-14-5-3-4-6-16(14)25-19/h3-10,20,23H,2,11H2,1H3. The zero-order valence-corrected chi connectivity index (χ0v) is 14.5. The molecule has 1 aromatic heterocycles. The first-order chi connectivity index (χ1) is 12.2. The minimum atomic E-state index is 0.179. The van der Waals surface area contributed by atoms with Crippen LogP contribution in [0.1, 0.15) is 11.9 Å². The van der Waals surface area contributed by atoms with Gasteiger partial charge in [0.05, 0.1) is 28.9 Å². The highest BCUT2D eigenvalue weighted by atomic mass is 32.1. The molecular formula is C19H17N3O2S. The fraction of sp³-hybridized carbons (Fsp3) is 0.158. The number of hydrogen-bond acceptors (Lipinski definition) is 5. The van der Waals surface area contributed by atoms with Crippen molar-refractivity contribution in [1.82, 2.24) is 4.98 Å². The molecule has 0 spiro atoms. The summed E-state index contributed by atoms with van der Waals surface area (Å²) in [6, 6.07) is 15.4. The third-order valence-electron chi connectivity index (χ3n) is 4.07. The molecule has 0 unspecified atom stereocenters. The van der Waals surface area contributed by atoms with E-state index in [0.717, 1.165) is 21.7 Å². The number of aliphatic hydroxyl groups excluding tert-OH is 1. The number of rotatable bonds is 4. The lowest BCUT2D eigenvalue weighted by Crippen LogP contribution is -2.25. The minimum absolute atomic E-state index is 0.179. The number of nitrogens with zero attached hydrogens (tertiary/aromatic N) is 2. The van der Waals surface area contributed by atoms with E-state index in [-0.39, 0.29) is 18.1 Å². The highest BCUT2D eigenvalue weighted by molar-refractivity contribution is 7.19. The van der Waals surface area contributed by atoms with E-state index >= 15 is 0 Å². The molecule has 2 N–H and O–H groups in total. The van der Waals surface area contributed by atoms with Crippen molar-refractivity contribution in [3.8, 4) is 5.75 Å². The molecule has 0 saturated carbocycles. The molecule has 25 heavy (non-hydrogen) atoms. The van der Waals surface area contributed by atoms with Crippen LogP contribution < -0.4 is 9.64 Å². The highest BCUT2D eigenvalue weighted by Gasteiger charge is 2.31. The van der Waals surface area contributed by atoms with Gasteiger partial charge < -0.3 is 14.7 Å². The molecule has 0 atom stereocenters. The second kappa shape index (κ2) is 6.22. The zero-order chi connectivity index (χ0) is 17.4. The number of amidine groups is 1. The smallest absolute Gasteiger partial charge is 0.139 e. The van der Waals surface area contributed by atoms with Crippen LogP contribution in [-0.2, 0) is 0 Å². The average molecular weight is 351 g/mol. The maximum atomic E-state index is 10.4. The Kier molecular flexibility index (Phi) is 3.89. The number of hydrogen-bond donors (Lipinski definition) is 2. The molecule has 0 amide bonds. The summed E-state index contributed by atoms with van der Waals surface area (Å²) in [4.78, 5) is 6.35. The molecule has 0 bridgehead atoms. The molecule has 2 aromatic carbocycles. The van der Waals surface area contributed by atoms with Crippen molar-refractivity contribution >= 4 is 38.6 Å². The Labute approximate surface area is 149 Å². The Balaban J connectivity index is 1.64. The van der Waals surface area contributed by atoms with E-state index in [1.54, 1.807) is 4.90 Å². The second-order valence-electron chi connectivity index (χ2n) is 5.67. The minimum Gasteiger partial charge on any atom is -0.510 e. The molecule has 1 aliphatic rings. The lowest BCUT2D eigenvalue weighted by molar-refractivity contribution is 0.340. The van der Waals surface area contributed by atoms with E-state index in [1.807, 2.05) is 55.5 Å². The van der Waals surface area contributed by atoms with Gasteiger partial charge in [0.2, 0.25) is 0 Å². The molecule has 5 nitrogen and oxygen atoms in total. The Morgan fingerprint density at radius 2 is 1.96 bits per heavy atom. The average Bonchev–Trinajstić information content (AvgIpc) is 3.16. The zero-order valence-electron chi connectivity index (χ0n) is 13.7. The van der Waals surface area contributed by atoms with Crippen molar-refractivity contribution in [3.05, 3.63) is 59.3 Å². The third-order valence-corrected chi connectivity index (χ3v) is 5.12. The van der Waals surface area contributed by atoms with Crippen LogP contribution in [0.15, 0.2) is 54.3 Å². The maximum Gasteiger partial charge on any atom is 0.139 e. The molecule has 1 aliphatic heterocycles. The Bertz CT molecular complexity index is 943. The molecule has 0 aliphatic carbocycles. The summed E-state index contributed by atoms with van der Waals surface area (Å²) in [5.74, 6) is 1.24. The van der Waals surface area contributed by atoms with E-state index < -0.39 is 0 Å². The number of ether oxygens (including phenoxy) is 1. The summed E-state index contributed by atoms with van der Waals surface area (Å²) in [5, 5.41) is 19.6. The molecular weight excluding hydrogens is 334 g/mol. The monoisotopic (exact) mass is 351 g/mol. The van der Waals surface area contributed by atoms with Crippen molar-refractivity contribution in [3.63, 3.8) is 0 Å². The van der Waals surface area contributed by atoms with Crippen LogP contribution in [0.25, 0.3) is 15.8 Å². The van der Waals surface area contributed by atoms with Crippen LogP contribution in [0.5, 0.6) is 5.75 Å². The van der Waals surface area contributed by atoms with Gasteiger partial charge in [-0.2, -0.15) is 0 Å². The molecule has 126 valence electrons. The number of anilines is 1. The predicted octanol–water partition coefficient (Wildman–Crippen LogP) is 4.46. The first-order valence-electron chi connectivity index (χ1n) is 8.04. The molecule has 3 aromatic rings. The van der Waals surface area contributed by atoms with Crippen molar-refractivity contribution in [2.45, 2.75) is 6.92 Å². The van der Waals surface area contributed by atoms with Gasteiger partial charge in [-0.3, -0.25) is 5.41 Å². The lowest BCUT2D eigenvalue weighted by Gasteiger charge is -2.18. The molecule has 2 heterocycles. The van der Waals surface area contributed by atoms with Gasteiger partial charge in [-0.15, -0.1) is 11.3 Å². The van der Waals surface area contributed by atoms with Crippen molar-refractivity contribution < 1.29 is 9.84 Å². The van der Waals surface area contributed by atoms with Gasteiger partial charge in [-0.1, -0.05) is 12.1 Å². The molecule has 0 fully saturated rings. The predicted molar refractivity (Wildman–Crippen MR) is 102 cm³/mol. The number of fused-ring (bicyclic) bond motifs is 1. The Morgan fingerprint density at radius 3 is 2.68 bits per heavy atom. The van der Waals surface area contributed by atoms with E-state index in [1.165, 1.54) is 11.3 Å². The summed E-state index contributed by atoms with van der Waals surface area (Å²) < 4.78 is 6.50. The van der Waals surface area contributed by atoms with E-state index in [9.17, 15) is 5.11 Å². The van der Waals surface area contributed by atoms with Gasteiger partial charge in [-0.05, 0) is 43.3 Å². The second-order valence-corrected chi connectivity index (χ2v) is 6.70. The van der Waals surface area contributed by atoms with Crippen molar-refractivity contribution in [2.75, 3.05) is 18.1 Å². The number of thiazole rings is 1. The van der Waals surface area contributed by atoms with Crippen molar-refractivity contribution in [1.29, 1.82) is 5.41 Å². The highest BCUT2D eigenvalue weighted by Crippen LogP contribution is 2.35. The lowest BCUT2D eigenvalue weighted by atomic mass is 10.2. The van der Waals surface area contributed by atoms with E-state index in [4.69, 9.17) is 10.1 Å². The van der Waals surface area contributed by atoms with Gasteiger partial charge in [0, 0.05) is 5.69 Å². The van der Waals surface area contributed by atoms with Gasteiger partial charge >= 0.3 is 0 Å². The quantitative estimate of drug-likeness (QED) is 0.728. The fourth-order valence-electron chi connectivity index (χ4n) is 2.89. The van der Waals surface area contributed by atoms with Gasteiger partial charge in [0.25, 0.3) is 0 Å². The number of benzene rings is 2. The van der Waals surface area contributed by atoms with Gasteiger partial charge in [-0.25, -0.2) is 4.98 Å². The molecule has 4 rings (SSSR count). The van der Waals surface area contributed by atoms with Crippen LogP contribution in [0.3, 0.4) is 0 Å². The number of nitrogens with one attached hydrogen (secondary N) is 1. The van der Waals surface area contributed by atoms with Crippen LogP contribution in [0.2, 0.25) is 0 Å². The van der Waals surface area contributed by atoms with Gasteiger partial charge in [0.1, 0.15) is 22.4 Å². The summed E-state index contributed by atoms with van der Waals surface area (Å²) in [7, 11) is 0. The van der Waals surface area contributed by atoms with Crippen LogP contribution in [-0.4, -0.2) is 29.1 Å². The number of aromatic nitrogens is 1. The molecule has 0 radical (unpaired) electrons. The molecule has 6 heteroatoms. The summed E-state index contributed by atoms with van der Waals surface area (Å²) in [6.45, 7) is 2.83. The summed E-state index contributed by atoms with van der Waals surface area (Å²) >= 11 is 1.49. The summed E-state index contributed by atoms with van der Waals surface area (Å²) in [5.41, 5.74) is 2.24. The maximum absolute atomic E-state index is 10.4. The van der Waals surface area contributed by atoms with Crippen LogP contribution in [0.4, 0.5) is 5.69 Å². The fourth-order valence-corrected chi connectivity index (χ4v) is 3.93. The first kappa shape index (κ1) is 15.7. The summed E-state index contributed by atoms with van der Waals surface area (Å²) in [6.07, 6.45) is 0. The largest absolute Gasteiger partial charge is 0.510 e. The first-order valence-corrected chi connectivity index (χ1v) is 8.86. The topological polar surface area (TPSA) is 69.4 Å². The Hall–Kier alpha value is -2.86. The normalized spacial score (nSPS) is 14.6. The van der Waals surface area contributed by atoms with Gasteiger partial charge in [0.15, 0.2) is 0 Å². The van der Waals surface area contributed by atoms with Crippen LogP contribution >= 0.6 is 11.3 Å². The molecule has 0 saturated heterocycles. The van der Waals surface area contributed by atoms with E-state index in [0.29, 0.717) is 17.2 Å².